The zero-order valence-electron chi connectivity index (χ0n) is 24.7. The maximum absolute atomic E-state index is 12.6. The van der Waals surface area contributed by atoms with E-state index in [4.69, 9.17) is 18.9 Å². The highest BCUT2D eigenvalue weighted by Crippen LogP contribution is 2.37. The van der Waals surface area contributed by atoms with Gasteiger partial charge in [-0.3, -0.25) is 9.59 Å². The number of carboxylic acids is 1. The molecule has 15 atom stereocenters. The van der Waals surface area contributed by atoms with Crippen LogP contribution in [0.4, 0.5) is 0 Å². The highest BCUT2D eigenvalue weighted by molar-refractivity contribution is 5.78. The van der Waals surface area contributed by atoms with Crippen molar-refractivity contribution in [1.82, 2.24) is 10.6 Å². The SMILES string of the molecule is CC(=O)N[C@H]1[C@H]([C@H](O)[C@H](O)CO)O[C@@](O[C@H]2[C@@H](O)[C@@H](CO)O[C@@H](O[C@@H]([C@H](O)[C@H](O)CO)[C@H](C=O)NC(C)=O)[C@@H]2O)(C(=O)O)C[C@@H]1O. The second kappa shape index (κ2) is 17.1. The first kappa shape index (κ1) is 39.7. The molecule has 2 saturated heterocycles. The molecule has 0 aromatic rings. The second-order valence-corrected chi connectivity index (χ2v) is 10.9. The van der Waals surface area contributed by atoms with Crippen molar-refractivity contribution in [3.63, 3.8) is 0 Å². The van der Waals surface area contributed by atoms with Crippen molar-refractivity contribution in [2.24, 2.45) is 0 Å². The van der Waals surface area contributed by atoms with E-state index in [2.05, 4.69) is 10.6 Å². The van der Waals surface area contributed by atoms with Gasteiger partial charge in [0.2, 0.25) is 11.8 Å². The number of carbonyl (C=O) groups excluding carboxylic acids is 3. The molecule has 2 rings (SSSR count). The monoisotopic (exact) mass is 674 g/mol. The summed E-state index contributed by atoms with van der Waals surface area (Å²) in [5.74, 6) is -6.69. The van der Waals surface area contributed by atoms with Crippen molar-refractivity contribution in [3.8, 4) is 0 Å². The minimum absolute atomic E-state index is 0.0787. The van der Waals surface area contributed by atoms with Crippen molar-refractivity contribution >= 4 is 24.1 Å². The van der Waals surface area contributed by atoms with Gasteiger partial charge in [-0.05, 0) is 0 Å². The molecule has 2 aliphatic rings. The molecule has 2 amide bonds. The zero-order valence-corrected chi connectivity index (χ0v) is 24.7. The number of carbonyl (C=O) groups is 4. The minimum atomic E-state index is -3.09. The number of rotatable bonds is 16. The van der Waals surface area contributed by atoms with E-state index in [1.807, 2.05) is 0 Å². The summed E-state index contributed by atoms with van der Waals surface area (Å²) in [6.07, 6.45) is -25.6. The maximum atomic E-state index is 12.6. The molecular weight excluding hydrogens is 632 g/mol. The van der Waals surface area contributed by atoms with Gasteiger partial charge < -0.3 is 90.5 Å². The van der Waals surface area contributed by atoms with Gasteiger partial charge in [0.1, 0.15) is 73.4 Å². The molecule has 2 aliphatic heterocycles. The molecule has 13 N–H and O–H groups in total. The van der Waals surface area contributed by atoms with Gasteiger partial charge in [-0.1, -0.05) is 0 Å². The molecule has 0 saturated carbocycles. The summed E-state index contributed by atoms with van der Waals surface area (Å²) >= 11 is 0. The normalized spacial score (nSPS) is 35.6. The lowest BCUT2D eigenvalue weighted by molar-refractivity contribution is -0.375. The number of aliphatic carboxylic acids is 1. The Hall–Kier alpha value is -2.48. The van der Waals surface area contributed by atoms with Crippen LogP contribution in [0.1, 0.15) is 20.3 Å². The lowest BCUT2D eigenvalue weighted by Gasteiger charge is -2.50. The van der Waals surface area contributed by atoms with Crippen LogP contribution in [0.5, 0.6) is 0 Å². The molecule has 0 spiro atoms. The Morgan fingerprint density at radius 1 is 0.978 bits per heavy atom. The van der Waals surface area contributed by atoms with Gasteiger partial charge in [0.05, 0.1) is 32.0 Å². The van der Waals surface area contributed by atoms with Crippen LogP contribution in [0.15, 0.2) is 0 Å². The maximum Gasteiger partial charge on any atom is 0.364 e. The van der Waals surface area contributed by atoms with Crippen molar-refractivity contribution < 1.29 is 94.3 Å². The van der Waals surface area contributed by atoms with Crippen molar-refractivity contribution in [2.75, 3.05) is 19.8 Å². The Morgan fingerprint density at radius 3 is 2.07 bits per heavy atom. The van der Waals surface area contributed by atoms with Crippen LogP contribution >= 0.6 is 0 Å². The van der Waals surface area contributed by atoms with Crippen molar-refractivity contribution in [3.05, 3.63) is 0 Å². The molecule has 2 heterocycles. The number of amides is 2. The Labute approximate surface area is 260 Å². The number of nitrogens with one attached hydrogen (secondary N) is 2. The third kappa shape index (κ3) is 9.11. The smallest absolute Gasteiger partial charge is 0.364 e. The summed E-state index contributed by atoms with van der Waals surface area (Å²) in [4.78, 5) is 47.8. The summed E-state index contributed by atoms with van der Waals surface area (Å²) in [6.45, 7) is -1.18. The minimum Gasteiger partial charge on any atom is -0.477 e. The Kier molecular flexibility index (Phi) is 14.7. The molecule has 0 aromatic heterocycles. The third-order valence-corrected chi connectivity index (χ3v) is 7.41. The number of hydrogen-bond acceptors (Lipinski definition) is 18. The van der Waals surface area contributed by atoms with E-state index in [-0.39, 0.29) is 6.29 Å². The fraction of sp³-hybridized carbons (Fsp3) is 0.840. The van der Waals surface area contributed by atoms with E-state index in [9.17, 15) is 75.3 Å². The first-order valence-electron chi connectivity index (χ1n) is 14.0. The molecule has 0 unspecified atom stereocenters. The van der Waals surface area contributed by atoms with Crippen LogP contribution in [0.25, 0.3) is 0 Å². The van der Waals surface area contributed by atoms with E-state index in [0.29, 0.717) is 0 Å². The highest BCUT2D eigenvalue weighted by atomic mass is 16.8. The molecule has 0 radical (unpaired) electrons. The number of aliphatic hydroxyl groups is 10. The van der Waals surface area contributed by atoms with Crippen LogP contribution < -0.4 is 10.6 Å². The molecule has 46 heavy (non-hydrogen) atoms. The fourth-order valence-corrected chi connectivity index (χ4v) is 5.06. The summed E-state index contributed by atoms with van der Waals surface area (Å²) in [6, 6.07) is -3.33. The van der Waals surface area contributed by atoms with Crippen LogP contribution in [0.3, 0.4) is 0 Å². The van der Waals surface area contributed by atoms with Crippen LogP contribution in [0.2, 0.25) is 0 Å². The molecule has 0 aliphatic carbocycles. The largest absolute Gasteiger partial charge is 0.477 e. The summed E-state index contributed by atoms with van der Waals surface area (Å²) < 4.78 is 21.9. The summed E-state index contributed by atoms with van der Waals surface area (Å²) in [7, 11) is 0. The average Bonchev–Trinajstić information content (AvgIpc) is 3.00. The first-order chi connectivity index (χ1) is 21.5. The van der Waals surface area contributed by atoms with Crippen LogP contribution in [-0.4, -0.2) is 191 Å². The number of aldehydes is 1. The highest BCUT2D eigenvalue weighted by Gasteiger charge is 2.59. The molecule has 2 fully saturated rings. The lowest BCUT2D eigenvalue weighted by Crippen LogP contribution is -2.70. The molecule has 0 bridgehead atoms. The standard InChI is InChI=1S/C25H42N2O19/c1-8(32)26-10(4-28)20(16(37)12(35)5-29)44-23-19(40)22(18(39)14(7-31)43-23)46-25(24(41)42)3-11(34)15(27-9(2)33)21(45-25)17(38)13(36)6-30/h4,10-23,29-31,34-40H,3,5-7H2,1-2H3,(H,26,32)(H,27,33)(H,41,42)/t10-,11-,12+,13+,14+,15+,16+,17+,18-,19+,20+,21+,22-,23-,25-/m0/s1. The van der Waals surface area contributed by atoms with Gasteiger partial charge in [0.15, 0.2) is 6.29 Å². The van der Waals surface area contributed by atoms with E-state index < -0.39 is 135 Å². The lowest BCUT2D eigenvalue weighted by atomic mass is 9.88. The van der Waals surface area contributed by atoms with Gasteiger partial charge in [-0.2, -0.15) is 0 Å². The predicted octanol–water partition coefficient (Wildman–Crippen LogP) is -8.24. The van der Waals surface area contributed by atoms with Gasteiger partial charge >= 0.3 is 5.97 Å². The zero-order chi connectivity index (χ0) is 35.1. The van der Waals surface area contributed by atoms with Gasteiger partial charge in [0.25, 0.3) is 5.79 Å². The molecular formula is C25H42N2O19. The predicted molar refractivity (Wildman–Crippen MR) is 143 cm³/mol. The number of carboxylic acid groups (broad SMARTS) is 1. The second-order valence-electron chi connectivity index (χ2n) is 10.9. The topological polar surface area (TPSA) is 352 Å². The number of ether oxygens (including phenoxy) is 4. The van der Waals surface area contributed by atoms with Gasteiger partial charge in [-0.25, -0.2) is 4.79 Å². The van der Waals surface area contributed by atoms with E-state index in [1.165, 1.54) is 0 Å². The Balaban J connectivity index is 2.54. The molecule has 266 valence electrons. The van der Waals surface area contributed by atoms with Crippen molar-refractivity contribution in [1.29, 1.82) is 0 Å². The average molecular weight is 675 g/mol. The molecule has 21 nitrogen and oxygen atoms in total. The molecule has 0 aromatic carbocycles. The number of aliphatic hydroxyl groups excluding tert-OH is 10. The van der Waals surface area contributed by atoms with Crippen LogP contribution in [0, 0.1) is 0 Å². The van der Waals surface area contributed by atoms with E-state index in [0.717, 1.165) is 13.8 Å². The fourth-order valence-electron chi connectivity index (χ4n) is 5.06. The quantitative estimate of drug-likeness (QED) is 0.0676. The van der Waals surface area contributed by atoms with Gasteiger partial charge in [-0.15, -0.1) is 0 Å². The Bertz CT molecular complexity index is 1040. The van der Waals surface area contributed by atoms with E-state index in [1.54, 1.807) is 0 Å². The third-order valence-electron chi connectivity index (χ3n) is 7.41. The summed E-state index contributed by atoms with van der Waals surface area (Å²) in [5.41, 5.74) is 0. The van der Waals surface area contributed by atoms with Crippen molar-refractivity contribution in [2.45, 2.75) is 112 Å². The van der Waals surface area contributed by atoms with Crippen LogP contribution in [-0.2, 0) is 38.1 Å². The molecule has 21 heteroatoms. The summed E-state index contributed by atoms with van der Waals surface area (Å²) in [5, 5.41) is 117. The first-order valence-corrected chi connectivity index (χ1v) is 14.0. The van der Waals surface area contributed by atoms with Gasteiger partial charge in [0, 0.05) is 20.3 Å². The van der Waals surface area contributed by atoms with E-state index >= 15 is 0 Å². The number of hydrogen-bond donors (Lipinski definition) is 13. The Morgan fingerprint density at radius 2 is 1.59 bits per heavy atom.